The van der Waals surface area contributed by atoms with Crippen LogP contribution in [0.15, 0.2) is 29.8 Å². The highest BCUT2D eigenvalue weighted by Crippen LogP contribution is 2.31. The van der Waals surface area contributed by atoms with E-state index in [1.54, 1.807) is 17.5 Å². The van der Waals surface area contributed by atoms with Crippen molar-refractivity contribution in [3.05, 3.63) is 45.9 Å². The predicted molar refractivity (Wildman–Crippen MR) is 85.7 cm³/mol. The lowest BCUT2D eigenvalue weighted by Gasteiger charge is -2.23. The summed E-state index contributed by atoms with van der Waals surface area (Å²) in [6, 6.07) is 6.41. The van der Waals surface area contributed by atoms with E-state index in [0.717, 1.165) is 24.2 Å². The van der Waals surface area contributed by atoms with Gasteiger partial charge in [0.15, 0.2) is 0 Å². The first-order chi connectivity index (χ1) is 10.2. The van der Waals surface area contributed by atoms with Crippen LogP contribution in [0.25, 0.3) is 0 Å². The molecule has 5 heteroatoms. The quantitative estimate of drug-likeness (QED) is 0.921. The van der Waals surface area contributed by atoms with Gasteiger partial charge in [0.2, 0.25) is 0 Å². The minimum absolute atomic E-state index is 0.0720. The number of hydrogen-bond acceptors (Lipinski definition) is 4. The molecule has 21 heavy (non-hydrogen) atoms. The van der Waals surface area contributed by atoms with Gasteiger partial charge in [-0.05, 0) is 37.3 Å². The lowest BCUT2D eigenvalue weighted by molar-refractivity contribution is 0.0732. The number of rotatable bonds is 5. The summed E-state index contributed by atoms with van der Waals surface area (Å²) in [6.07, 6.45) is 3.89. The molecule has 0 atom stereocenters. The first-order valence-corrected chi connectivity index (χ1v) is 8.04. The Kier molecular flexibility index (Phi) is 3.92. The van der Waals surface area contributed by atoms with Gasteiger partial charge in [-0.3, -0.25) is 9.78 Å². The molecular formula is C16H19N3OS. The maximum atomic E-state index is 12.9. The van der Waals surface area contributed by atoms with Gasteiger partial charge in [0, 0.05) is 29.9 Å². The van der Waals surface area contributed by atoms with Gasteiger partial charge >= 0.3 is 0 Å². The summed E-state index contributed by atoms with van der Waals surface area (Å²) < 4.78 is 0. The van der Waals surface area contributed by atoms with Crippen LogP contribution in [0.4, 0.5) is 5.69 Å². The largest absolute Gasteiger partial charge is 0.387 e. The Morgan fingerprint density at radius 2 is 2.33 bits per heavy atom. The molecule has 4 nitrogen and oxygen atoms in total. The maximum Gasteiger partial charge on any atom is 0.258 e. The van der Waals surface area contributed by atoms with Gasteiger partial charge in [0.25, 0.3) is 5.91 Å². The Morgan fingerprint density at radius 3 is 2.95 bits per heavy atom. The van der Waals surface area contributed by atoms with E-state index in [1.807, 2.05) is 31.0 Å². The fourth-order valence-corrected chi connectivity index (χ4v) is 3.12. The van der Waals surface area contributed by atoms with Gasteiger partial charge < -0.3 is 10.2 Å². The van der Waals surface area contributed by atoms with Crippen molar-refractivity contribution in [3.63, 3.8) is 0 Å². The van der Waals surface area contributed by atoms with E-state index in [9.17, 15) is 4.79 Å². The number of aryl methyl sites for hydroxylation is 1. The molecule has 1 N–H and O–H groups in total. The number of hydrogen-bond donors (Lipinski definition) is 1. The van der Waals surface area contributed by atoms with Gasteiger partial charge in [0.05, 0.1) is 17.8 Å². The molecule has 110 valence electrons. The summed E-state index contributed by atoms with van der Waals surface area (Å²) in [5.41, 5.74) is 2.42. The average molecular weight is 301 g/mol. The molecule has 0 saturated heterocycles. The third-order valence-electron chi connectivity index (χ3n) is 3.70. The van der Waals surface area contributed by atoms with Gasteiger partial charge in [-0.2, -0.15) is 0 Å². The van der Waals surface area contributed by atoms with Crippen molar-refractivity contribution in [1.29, 1.82) is 0 Å². The Morgan fingerprint density at radius 1 is 1.52 bits per heavy atom. The van der Waals surface area contributed by atoms with Crippen molar-refractivity contribution in [1.82, 2.24) is 9.88 Å². The second kappa shape index (κ2) is 5.85. The molecule has 0 aliphatic heterocycles. The third-order valence-corrected chi connectivity index (χ3v) is 4.56. The van der Waals surface area contributed by atoms with Crippen LogP contribution < -0.4 is 5.32 Å². The molecule has 0 unspecified atom stereocenters. The molecule has 2 aromatic rings. The topological polar surface area (TPSA) is 45.2 Å². The Hall–Kier alpha value is -1.88. The van der Waals surface area contributed by atoms with Crippen LogP contribution in [-0.4, -0.2) is 28.9 Å². The number of amides is 1. The zero-order valence-corrected chi connectivity index (χ0v) is 13.1. The van der Waals surface area contributed by atoms with Crippen molar-refractivity contribution in [3.8, 4) is 0 Å². The number of pyridine rings is 1. The van der Waals surface area contributed by atoms with E-state index in [0.29, 0.717) is 18.2 Å². The van der Waals surface area contributed by atoms with Crippen molar-refractivity contribution in [2.45, 2.75) is 32.4 Å². The summed E-state index contributed by atoms with van der Waals surface area (Å²) >= 11 is 1.70. The summed E-state index contributed by atoms with van der Waals surface area (Å²) in [7, 11) is 1.84. The molecule has 1 amide bonds. The van der Waals surface area contributed by atoms with Crippen LogP contribution in [0.3, 0.4) is 0 Å². The van der Waals surface area contributed by atoms with Gasteiger partial charge in [0.1, 0.15) is 0 Å². The highest BCUT2D eigenvalue weighted by atomic mass is 32.1. The number of carbonyl (C=O) groups excluding carboxylic acids is 1. The number of carbonyl (C=O) groups is 1. The smallest absolute Gasteiger partial charge is 0.258 e. The SMILES string of the molecule is CNc1cc(C)ncc1C(=O)N(Cc1cccs1)C1CC1. The zero-order chi connectivity index (χ0) is 14.8. The van der Waals surface area contributed by atoms with E-state index < -0.39 is 0 Å². The molecule has 3 rings (SSSR count). The van der Waals surface area contributed by atoms with E-state index in [2.05, 4.69) is 21.7 Å². The number of thiophene rings is 1. The van der Waals surface area contributed by atoms with E-state index in [-0.39, 0.29) is 5.91 Å². The van der Waals surface area contributed by atoms with Crippen LogP contribution >= 0.6 is 11.3 Å². The Labute approximate surface area is 128 Å². The van der Waals surface area contributed by atoms with Crippen LogP contribution in [0.1, 0.15) is 33.8 Å². The van der Waals surface area contributed by atoms with Gasteiger partial charge in [-0.1, -0.05) is 6.07 Å². The molecule has 2 aromatic heterocycles. The normalized spacial score (nSPS) is 14.0. The van der Waals surface area contributed by atoms with Crippen molar-refractivity contribution >= 4 is 22.9 Å². The molecule has 0 bridgehead atoms. The molecule has 0 aromatic carbocycles. The maximum absolute atomic E-state index is 12.9. The minimum Gasteiger partial charge on any atom is -0.387 e. The highest BCUT2D eigenvalue weighted by Gasteiger charge is 2.34. The van der Waals surface area contributed by atoms with Gasteiger partial charge in [-0.25, -0.2) is 0 Å². The first-order valence-electron chi connectivity index (χ1n) is 7.17. The Bertz CT molecular complexity index is 635. The highest BCUT2D eigenvalue weighted by molar-refractivity contribution is 7.09. The summed E-state index contributed by atoms with van der Waals surface area (Å²) in [6.45, 7) is 2.62. The molecule has 0 spiro atoms. The first kappa shape index (κ1) is 14.1. The van der Waals surface area contributed by atoms with Gasteiger partial charge in [-0.15, -0.1) is 11.3 Å². The standard InChI is InChI=1S/C16H19N3OS/c1-11-8-15(17-2)14(9-18-11)16(20)19(12-5-6-12)10-13-4-3-7-21-13/h3-4,7-9,12H,5-6,10H2,1-2H3,(H,17,18). The lowest BCUT2D eigenvalue weighted by Crippen LogP contribution is -2.32. The molecule has 1 aliphatic carbocycles. The monoisotopic (exact) mass is 301 g/mol. The molecule has 2 heterocycles. The van der Waals surface area contributed by atoms with E-state index >= 15 is 0 Å². The number of aromatic nitrogens is 1. The van der Waals surface area contributed by atoms with E-state index in [1.165, 1.54) is 4.88 Å². The molecule has 0 radical (unpaired) electrons. The van der Waals surface area contributed by atoms with E-state index in [4.69, 9.17) is 0 Å². The molecule has 1 saturated carbocycles. The van der Waals surface area contributed by atoms with Crippen molar-refractivity contribution in [2.75, 3.05) is 12.4 Å². The molecule has 1 fully saturated rings. The minimum atomic E-state index is 0.0720. The average Bonchev–Trinajstić information content (AvgIpc) is 3.20. The zero-order valence-electron chi connectivity index (χ0n) is 12.3. The number of nitrogens with one attached hydrogen (secondary N) is 1. The van der Waals surface area contributed by atoms with Crippen LogP contribution in [0.2, 0.25) is 0 Å². The molecular weight excluding hydrogens is 282 g/mol. The fraction of sp³-hybridized carbons (Fsp3) is 0.375. The predicted octanol–water partition coefficient (Wildman–Crippen LogP) is 3.30. The third kappa shape index (κ3) is 3.08. The second-order valence-corrected chi connectivity index (χ2v) is 6.40. The van der Waals surface area contributed by atoms with Crippen molar-refractivity contribution < 1.29 is 4.79 Å². The summed E-state index contributed by atoms with van der Waals surface area (Å²) in [4.78, 5) is 20.4. The summed E-state index contributed by atoms with van der Waals surface area (Å²) in [5, 5.41) is 5.16. The number of anilines is 1. The van der Waals surface area contributed by atoms with Crippen molar-refractivity contribution in [2.24, 2.45) is 0 Å². The fourth-order valence-electron chi connectivity index (χ4n) is 2.42. The molecule has 1 aliphatic rings. The van der Waals surface area contributed by atoms with Crippen LogP contribution in [-0.2, 0) is 6.54 Å². The van der Waals surface area contributed by atoms with Crippen LogP contribution in [0.5, 0.6) is 0 Å². The van der Waals surface area contributed by atoms with Crippen LogP contribution in [0, 0.1) is 6.92 Å². The number of nitrogens with zero attached hydrogens (tertiary/aromatic N) is 2. The summed E-state index contributed by atoms with van der Waals surface area (Å²) in [5.74, 6) is 0.0720. The second-order valence-electron chi connectivity index (χ2n) is 5.36. The Balaban J connectivity index is 1.87. The lowest BCUT2D eigenvalue weighted by atomic mass is 10.1.